The van der Waals surface area contributed by atoms with Crippen LogP contribution in [0.1, 0.15) is 16.1 Å². The number of carbonyl (C=O) groups is 1. The first-order valence-corrected chi connectivity index (χ1v) is 7.68. The first-order valence-electron chi connectivity index (χ1n) is 6.93. The van der Waals surface area contributed by atoms with Crippen LogP contribution in [0.15, 0.2) is 47.2 Å². The molecule has 0 aliphatic carbocycles. The molecular formula is C16H12Cl2N4O2. The van der Waals surface area contributed by atoms with E-state index < -0.39 is 0 Å². The number of halogens is 2. The standard InChI is InChI=1S/C16H12Cl2N4O2/c1-9-4-15(22-24-9)20-12-5-10(7-19-8-12)16(23)21-14-3-2-11(17)6-13(14)18/h2-8H,1H3,(H,20,22)(H,21,23). The number of hydrogen-bond donors (Lipinski definition) is 2. The Morgan fingerprint density at radius 1 is 1.17 bits per heavy atom. The number of anilines is 3. The van der Waals surface area contributed by atoms with Gasteiger partial charge in [0.2, 0.25) is 0 Å². The third-order valence-electron chi connectivity index (χ3n) is 3.08. The van der Waals surface area contributed by atoms with Crippen molar-refractivity contribution in [3.05, 3.63) is 64.1 Å². The van der Waals surface area contributed by atoms with Crippen molar-refractivity contribution in [2.75, 3.05) is 10.6 Å². The Balaban J connectivity index is 1.76. The maximum absolute atomic E-state index is 12.4. The van der Waals surface area contributed by atoms with Gasteiger partial charge in [-0.1, -0.05) is 28.4 Å². The van der Waals surface area contributed by atoms with Gasteiger partial charge in [0.25, 0.3) is 5.91 Å². The largest absolute Gasteiger partial charge is 0.360 e. The first kappa shape index (κ1) is 16.3. The summed E-state index contributed by atoms with van der Waals surface area (Å²) < 4.78 is 4.98. The molecule has 3 rings (SSSR count). The van der Waals surface area contributed by atoms with Crippen molar-refractivity contribution in [1.82, 2.24) is 10.1 Å². The lowest BCUT2D eigenvalue weighted by Crippen LogP contribution is -2.12. The van der Waals surface area contributed by atoms with E-state index in [0.717, 1.165) is 0 Å². The maximum Gasteiger partial charge on any atom is 0.257 e. The van der Waals surface area contributed by atoms with Gasteiger partial charge >= 0.3 is 0 Å². The van der Waals surface area contributed by atoms with Crippen molar-refractivity contribution >= 4 is 46.3 Å². The highest BCUT2D eigenvalue weighted by Crippen LogP contribution is 2.26. The van der Waals surface area contributed by atoms with Crippen molar-refractivity contribution in [2.45, 2.75) is 6.92 Å². The summed E-state index contributed by atoms with van der Waals surface area (Å²) in [6, 6.07) is 8.22. The lowest BCUT2D eigenvalue weighted by atomic mass is 10.2. The SMILES string of the molecule is Cc1cc(Nc2cncc(C(=O)Nc3ccc(Cl)cc3Cl)c2)no1. The molecule has 1 amide bonds. The molecule has 24 heavy (non-hydrogen) atoms. The minimum Gasteiger partial charge on any atom is -0.360 e. The average Bonchev–Trinajstić information content (AvgIpc) is 2.95. The fraction of sp³-hybridized carbons (Fsp3) is 0.0625. The van der Waals surface area contributed by atoms with Crippen molar-refractivity contribution < 1.29 is 9.32 Å². The molecule has 2 aromatic heterocycles. The van der Waals surface area contributed by atoms with Crippen LogP contribution in [-0.4, -0.2) is 16.0 Å². The van der Waals surface area contributed by atoms with Crippen LogP contribution in [0.4, 0.5) is 17.2 Å². The Kier molecular flexibility index (Phi) is 4.69. The summed E-state index contributed by atoms with van der Waals surface area (Å²) in [7, 11) is 0. The fourth-order valence-electron chi connectivity index (χ4n) is 1.99. The predicted molar refractivity (Wildman–Crippen MR) is 93.2 cm³/mol. The van der Waals surface area contributed by atoms with Crippen LogP contribution in [-0.2, 0) is 0 Å². The molecule has 3 aromatic rings. The van der Waals surface area contributed by atoms with Crippen molar-refractivity contribution in [3.63, 3.8) is 0 Å². The highest BCUT2D eigenvalue weighted by Gasteiger charge is 2.11. The van der Waals surface area contributed by atoms with Gasteiger partial charge in [0.15, 0.2) is 5.82 Å². The molecule has 0 aliphatic heterocycles. The van der Waals surface area contributed by atoms with E-state index in [1.165, 1.54) is 6.20 Å². The fourth-order valence-corrected chi connectivity index (χ4v) is 2.45. The number of nitrogens with one attached hydrogen (secondary N) is 2. The zero-order valence-electron chi connectivity index (χ0n) is 12.5. The zero-order valence-corrected chi connectivity index (χ0v) is 14.0. The van der Waals surface area contributed by atoms with Gasteiger partial charge in [-0.15, -0.1) is 0 Å². The Bertz CT molecular complexity index is 895. The number of aromatic nitrogens is 2. The highest BCUT2D eigenvalue weighted by molar-refractivity contribution is 6.36. The van der Waals surface area contributed by atoms with Gasteiger partial charge in [-0.25, -0.2) is 0 Å². The van der Waals surface area contributed by atoms with E-state index >= 15 is 0 Å². The summed E-state index contributed by atoms with van der Waals surface area (Å²) in [5.41, 5.74) is 1.45. The minimum atomic E-state index is -0.341. The van der Waals surface area contributed by atoms with Crippen molar-refractivity contribution in [2.24, 2.45) is 0 Å². The van der Waals surface area contributed by atoms with Crippen LogP contribution in [0.5, 0.6) is 0 Å². The molecule has 0 saturated heterocycles. The summed E-state index contributed by atoms with van der Waals surface area (Å²) >= 11 is 11.9. The Morgan fingerprint density at radius 2 is 2.00 bits per heavy atom. The van der Waals surface area contributed by atoms with Crippen LogP contribution in [0, 0.1) is 6.92 Å². The summed E-state index contributed by atoms with van der Waals surface area (Å²) in [4.78, 5) is 16.4. The quantitative estimate of drug-likeness (QED) is 0.704. The number of nitrogens with zero attached hydrogens (tertiary/aromatic N) is 2. The van der Waals surface area contributed by atoms with Gasteiger partial charge in [-0.2, -0.15) is 0 Å². The molecule has 2 heterocycles. The van der Waals surface area contributed by atoms with Crippen LogP contribution in [0.25, 0.3) is 0 Å². The number of pyridine rings is 1. The zero-order chi connectivity index (χ0) is 17.1. The van der Waals surface area contributed by atoms with E-state index in [0.29, 0.717) is 38.6 Å². The Labute approximate surface area is 147 Å². The molecule has 0 radical (unpaired) electrons. The molecule has 2 N–H and O–H groups in total. The topological polar surface area (TPSA) is 80.0 Å². The molecule has 6 nitrogen and oxygen atoms in total. The normalized spacial score (nSPS) is 10.5. The first-order chi connectivity index (χ1) is 11.5. The molecule has 0 aliphatic rings. The Morgan fingerprint density at radius 3 is 2.71 bits per heavy atom. The van der Waals surface area contributed by atoms with E-state index in [1.54, 1.807) is 43.5 Å². The van der Waals surface area contributed by atoms with Gasteiger partial charge in [-0.3, -0.25) is 9.78 Å². The lowest BCUT2D eigenvalue weighted by Gasteiger charge is -2.08. The van der Waals surface area contributed by atoms with Crippen molar-refractivity contribution in [3.8, 4) is 0 Å². The molecule has 0 spiro atoms. The van der Waals surface area contributed by atoms with Gasteiger partial charge in [0.05, 0.1) is 28.2 Å². The summed E-state index contributed by atoms with van der Waals surface area (Å²) in [5, 5.41) is 10.4. The summed E-state index contributed by atoms with van der Waals surface area (Å²) in [5.74, 6) is 0.871. The van der Waals surface area contributed by atoms with E-state index in [9.17, 15) is 4.79 Å². The third kappa shape index (κ3) is 3.84. The average molecular weight is 363 g/mol. The Hall–Kier alpha value is -2.57. The number of amides is 1. The molecule has 0 atom stereocenters. The van der Waals surface area contributed by atoms with E-state index in [1.807, 2.05) is 0 Å². The molecule has 122 valence electrons. The molecule has 0 fully saturated rings. The second-order valence-electron chi connectivity index (χ2n) is 4.99. The second-order valence-corrected chi connectivity index (χ2v) is 5.83. The number of rotatable bonds is 4. The van der Waals surface area contributed by atoms with Crippen LogP contribution < -0.4 is 10.6 Å². The third-order valence-corrected chi connectivity index (χ3v) is 3.63. The summed E-state index contributed by atoms with van der Waals surface area (Å²) in [6.45, 7) is 1.79. The second kappa shape index (κ2) is 6.90. The van der Waals surface area contributed by atoms with Crippen LogP contribution >= 0.6 is 23.2 Å². The number of benzene rings is 1. The van der Waals surface area contributed by atoms with Gasteiger partial charge < -0.3 is 15.2 Å². The van der Waals surface area contributed by atoms with Crippen molar-refractivity contribution in [1.29, 1.82) is 0 Å². The molecule has 8 heteroatoms. The molecule has 0 unspecified atom stereocenters. The van der Waals surface area contributed by atoms with E-state index in [4.69, 9.17) is 27.7 Å². The molecular weight excluding hydrogens is 351 g/mol. The van der Waals surface area contributed by atoms with E-state index in [-0.39, 0.29) is 5.91 Å². The van der Waals surface area contributed by atoms with Crippen LogP contribution in [0.3, 0.4) is 0 Å². The molecule has 0 bridgehead atoms. The van der Waals surface area contributed by atoms with Gasteiger partial charge in [0.1, 0.15) is 5.76 Å². The van der Waals surface area contributed by atoms with Gasteiger partial charge in [-0.05, 0) is 31.2 Å². The van der Waals surface area contributed by atoms with Crippen LogP contribution in [0.2, 0.25) is 10.0 Å². The number of hydrogen-bond acceptors (Lipinski definition) is 5. The highest BCUT2D eigenvalue weighted by atomic mass is 35.5. The smallest absolute Gasteiger partial charge is 0.257 e. The maximum atomic E-state index is 12.4. The van der Waals surface area contributed by atoms with E-state index in [2.05, 4.69) is 20.8 Å². The number of carbonyl (C=O) groups excluding carboxylic acids is 1. The van der Waals surface area contributed by atoms with Gasteiger partial charge in [0, 0.05) is 17.3 Å². The summed E-state index contributed by atoms with van der Waals surface area (Å²) in [6.07, 6.45) is 3.04. The monoisotopic (exact) mass is 362 g/mol. The lowest BCUT2D eigenvalue weighted by molar-refractivity contribution is 0.102. The molecule has 1 aromatic carbocycles. The molecule has 0 saturated carbocycles. The number of aryl methyl sites for hydroxylation is 1. The predicted octanol–water partition coefficient (Wildman–Crippen LogP) is 4.68. The minimum absolute atomic E-state index is 0.341.